The van der Waals surface area contributed by atoms with E-state index in [9.17, 15) is 4.79 Å². The Hall–Kier alpha value is -2.54. The van der Waals surface area contributed by atoms with Crippen LogP contribution in [0.15, 0.2) is 59.1 Å². The Morgan fingerprint density at radius 1 is 1.16 bits per heavy atom. The minimum atomic E-state index is -0.0765. The number of nitrogens with zero attached hydrogens (tertiary/aromatic N) is 5. The summed E-state index contributed by atoms with van der Waals surface area (Å²) in [7, 11) is 1.78. The van der Waals surface area contributed by atoms with Gasteiger partial charge < -0.3 is 4.90 Å². The zero-order valence-electron chi connectivity index (χ0n) is 14.0. The number of hydrogen-bond donors (Lipinski definition) is 0. The lowest BCUT2D eigenvalue weighted by molar-refractivity contribution is -0.132. The van der Waals surface area contributed by atoms with Crippen LogP contribution in [0.2, 0.25) is 0 Å². The zero-order valence-corrected chi connectivity index (χ0v) is 15.6. The van der Waals surface area contributed by atoms with Gasteiger partial charge in [0.25, 0.3) is 0 Å². The lowest BCUT2D eigenvalue weighted by Gasteiger charge is -2.25. The van der Waals surface area contributed by atoms with E-state index in [1.165, 1.54) is 4.80 Å². The molecule has 0 aliphatic heterocycles. The van der Waals surface area contributed by atoms with Crippen LogP contribution in [-0.2, 0) is 11.3 Å². The first-order chi connectivity index (χ1) is 12.1. The highest BCUT2D eigenvalue weighted by molar-refractivity contribution is 9.10. The minimum absolute atomic E-state index is 0.0278. The van der Waals surface area contributed by atoms with E-state index in [-0.39, 0.29) is 18.5 Å². The van der Waals surface area contributed by atoms with Crippen LogP contribution in [0.3, 0.4) is 0 Å². The Balaban J connectivity index is 1.70. The van der Waals surface area contributed by atoms with Crippen molar-refractivity contribution in [2.24, 2.45) is 0 Å². The molecule has 0 radical (unpaired) electrons. The van der Waals surface area contributed by atoms with E-state index < -0.39 is 0 Å². The van der Waals surface area contributed by atoms with E-state index in [4.69, 9.17) is 0 Å². The molecule has 128 valence electrons. The summed E-state index contributed by atoms with van der Waals surface area (Å²) in [6.07, 6.45) is 0. The number of hydrogen-bond acceptors (Lipinski definition) is 4. The molecule has 0 bridgehead atoms. The third kappa shape index (κ3) is 3.93. The first-order valence-electron chi connectivity index (χ1n) is 7.89. The lowest BCUT2D eigenvalue weighted by Crippen LogP contribution is -2.33. The van der Waals surface area contributed by atoms with E-state index in [1.807, 2.05) is 61.5 Å². The molecule has 0 spiro atoms. The van der Waals surface area contributed by atoms with Crippen LogP contribution in [0.1, 0.15) is 18.5 Å². The van der Waals surface area contributed by atoms with Gasteiger partial charge in [-0.1, -0.05) is 58.4 Å². The smallest absolute Gasteiger partial charge is 0.246 e. The fourth-order valence-electron chi connectivity index (χ4n) is 2.46. The van der Waals surface area contributed by atoms with Gasteiger partial charge in [0.15, 0.2) is 0 Å². The lowest BCUT2D eigenvalue weighted by atomic mass is 10.1. The van der Waals surface area contributed by atoms with Crippen LogP contribution in [0, 0.1) is 0 Å². The third-order valence-electron chi connectivity index (χ3n) is 4.10. The molecule has 0 fully saturated rings. The highest BCUT2D eigenvalue weighted by Crippen LogP contribution is 2.24. The standard InChI is InChI=1S/C18H18BrN5O/c1-13(14-8-4-3-5-9-14)23(2)17(25)12-24-21-18(20-22-24)15-10-6-7-11-16(15)19/h3-11,13H,12H2,1-2H3/t13-/m0/s1. The summed E-state index contributed by atoms with van der Waals surface area (Å²) in [5.74, 6) is 0.409. The maximum Gasteiger partial charge on any atom is 0.246 e. The molecule has 0 saturated carbocycles. The molecule has 3 rings (SSSR count). The number of carbonyl (C=O) groups excluding carboxylic acids is 1. The van der Waals surface area contributed by atoms with Crippen molar-refractivity contribution in [2.75, 3.05) is 7.05 Å². The number of rotatable bonds is 5. The molecule has 0 saturated heterocycles. The van der Waals surface area contributed by atoms with Gasteiger partial charge in [-0.25, -0.2) is 0 Å². The molecule has 1 atom stereocenters. The second-order valence-corrected chi connectivity index (χ2v) is 6.57. The van der Waals surface area contributed by atoms with E-state index in [1.54, 1.807) is 11.9 Å². The highest BCUT2D eigenvalue weighted by Gasteiger charge is 2.19. The SMILES string of the molecule is C[C@@H](c1ccccc1)N(C)C(=O)Cn1nnc(-c2ccccc2Br)n1. The number of carbonyl (C=O) groups is 1. The van der Waals surface area contributed by atoms with Gasteiger partial charge in [-0.3, -0.25) is 4.79 Å². The highest BCUT2D eigenvalue weighted by atomic mass is 79.9. The summed E-state index contributed by atoms with van der Waals surface area (Å²) >= 11 is 3.47. The molecule has 0 aliphatic rings. The van der Waals surface area contributed by atoms with Gasteiger partial charge in [-0.2, -0.15) is 4.80 Å². The molecule has 3 aromatic rings. The van der Waals surface area contributed by atoms with E-state index in [2.05, 4.69) is 31.3 Å². The van der Waals surface area contributed by atoms with Crippen LogP contribution >= 0.6 is 15.9 Å². The van der Waals surface area contributed by atoms with E-state index in [0.29, 0.717) is 5.82 Å². The summed E-state index contributed by atoms with van der Waals surface area (Å²) in [6.45, 7) is 2.04. The Labute approximate surface area is 154 Å². The normalized spacial score (nSPS) is 12.0. The van der Waals surface area contributed by atoms with Crippen LogP contribution in [0.4, 0.5) is 0 Å². The van der Waals surface area contributed by atoms with Crippen molar-refractivity contribution in [1.82, 2.24) is 25.1 Å². The minimum Gasteiger partial charge on any atom is -0.337 e. The molecular formula is C18H18BrN5O. The zero-order chi connectivity index (χ0) is 17.8. The number of halogens is 1. The van der Waals surface area contributed by atoms with Crippen LogP contribution in [0.5, 0.6) is 0 Å². The summed E-state index contributed by atoms with van der Waals surface area (Å²) in [4.78, 5) is 15.5. The number of aromatic nitrogens is 4. The molecule has 0 unspecified atom stereocenters. The molecular weight excluding hydrogens is 382 g/mol. The van der Waals surface area contributed by atoms with Gasteiger partial charge in [0.1, 0.15) is 6.54 Å². The first-order valence-corrected chi connectivity index (χ1v) is 8.69. The monoisotopic (exact) mass is 399 g/mol. The first kappa shape index (κ1) is 17.3. The number of benzene rings is 2. The average Bonchev–Trinajstić information content (AvgIpc) is 3.09. The maximum absolute atomic E-state index is 12.5. The third-order valence-corrected chi connectivity index (χ3v) is 4.79. The fraction of sp³-hybridized carbons (Fsp3) is 0.222. The Morgan fingerprint density at radius 3 is 2.56 bits per heavy atom. The summed E-state index contributed by atoms with van der Waals surface area (Å²) in [6, 6.07) is 17.5. The van der Waals surface area contributed by atoms with Gasteiger partial charge in [0, 0.05) is 17.1 Å². The second-order valence-electron chi connectivity index (χ2n) is 5.71. The molecule has 0 N–H and O–H groups in total. The Morgan fingerprint density at radius 2 is 1.84 bits per heavy atom. The molecule has 7 heteroatoms. The van der Waals surface area contributed by atoms with Crippen molar-refractivity contribution in [2.45, 2.75) is 19.5 Å². The summed E-state index contributed by atoms with van der Waals surface area (Å²) < 4.78 is 0.885. The summed E-state index contributed by atoms with van der Waals surface area (Å²) in [5, 5.41) is 12.4. The molecule has 1 heterocycles. The van der Waals surface area contributed by atoms with Gasteiger partial charge in [0.05, 0.1) is 6.04 Å². The molecule has 2 aromatic carbocycles. The largest absolute Gasteiger partial charge is 0.337 e. The Kier molecular flexibility index (Phi) is 5.23. The molecule has 1 aromatic heterocycles. The molecule has 1 amide bonds. The average molecular weight is 400 g/mol. The van der Waals surface area contributed by atoms with Gasteiger partial charge in [0.2, 0.25) is 11.7 Å². The number of likely N-dealkylation sites (N-methyl/N-ethyl adjacent to an activating group) is 1. The van der Waals surface area contributed by atoms with Crippen molar-refractivity contribution < 1.29 is 4.79 Å². The van der Waals surface area contributed by atoms with Crippen LogP contribution < -0.4 is 0 Å². The van der Waals surface area contributed by atoms with Crippen LogP contribution in [-0.4, -0.2) is 38.1 Å². The van der Waals surface area contributed by atoms with E-state index >= 15 is 0 Å². The quantitative estimate of drug-likeness (QED) is 0.659. The van der Waals surface area contributed by atoms with E-state index in [0.717, 1.165) is 15.6 Å². The predicted octanol–water partition coefficient (Wildman–Crippen LogP) is 3.32. The fourth-order valence-corrected chi connectivity index (χ4v) is 2.93. The van der Waals surface area contributed by atoms with Crippen molar-refractivity contribution >= 4 is 21.8 Å². The number of tetrazole rings is 1. The van der Waals surface area contributed by atoms with Crippen molar-refractivity contribution in [3.05, 3.63) is 64.6 Å². The Bertz CT molecular complexity index is 865. The molecule has 0 aliphatic carbocycles. The second kappa shape index (κ2) is 7.57. The van der Waals surface area contributed by atoms with Gasteiger partial charge >= 0.3 is 0 Å². The molecule has 6 nitrogen and oxygen atoms in total. The van der Waals surface area contributed by atoms with Gasteiger partial charge in [-0.15, -0.1) is 10.2 Å². The maximum atomic E-state index is 12.5. The van der Waals surface area contributed by atoms with Crippen molar-refractivity contribution in [1.29, 1.82) is 0 Å². The van der Waals surface area contributed by atoms with Gasteiger partial charge in [-0.05, 0) is 29.8 Å². The predicted molar refractivity (Wildman–Crippen MR) is 98.6 cm³/mol. The number of amides is 1. The van der Waals surface area contributed by atoms with Crippen LogP contribution in [0.25, 0.3) is 11.4 Å². The molecule has 25 heavy (non-hydrogen) atoms. The van der Waals surface area contributed by atoms with Crippen molar-refractivity contribution in [3.63, 3.8) is 0 Å². The topological polar surface area (TPSA) is 63.9 Å². The summed E-state index contributed by atoms with van der Waals surface area (Å²) in [5.41, 5.74) is 1.92. The van der Waals surface area contributed by atoms with Crippen molar-refractivity contribution in [3.8, 4) is 11.4 Å².